The van der Waals surface area contributed by atoms with Gasteiger partial charge in [0.2, 0.25) is 0 Å². The molecule has 0 spiro atoms. The van der Waals surface area contributed by atoms with Gasteiger partial charge >= 0.3 is 0 Å². The van der Waals surface area contributed by atoms with E-state index in [1.54, 1.807) is 24.3 Å². The van der Waals surface area contributed by atoms with Crippen LogP contribution in [0.4, 0.5) is 4.79 Å². The number of hydrogen-bond acceptors (Lipinski definition) is 4. The Bertz CT molecular complexity index is 1240. The Morgan fingerprint density at radius 1 is 1.03 bits per heavy atom. The van der Waals surface area contributed by atoms with Gasteiger partial charge in [-0.1, -0.05) is 71.2 Å². The van der Waals surface area contributed by atoms with E-state index in [-0.39, 0.29) is 24.3 Å². The third-order valence-electron chi connectivity index (χ3n) is 4.98. The van der Waals surface area contributed by atoms with Crippen molar-refractivity contribution < 1.29 is 14.3 Å². The van der Waals surface area contributed by atoms with Crippen LogP contribution in [0.3, 0.4) is 0 Å². The highest BCUT2D eigenvalue weighted by molar-refractivity contribution is 9.10. The number of nitrogens with zero attached hydrogens (tertiary/aromatic N) is 1. The first kappa shape index (κ1) is 23.9. The third-order valence-corrected chi connectivity index (χ3v) is 7.13. The van der Waals surface area contributed by atoms with Gasteiger partial charge in [-0.3, -0.25) is 14.5 Å². The van der Waals surface area contributed by atoms with Crippen LogP contribution in [0.25, 0.3) is 6.08 Å². The number of imide groups is 1. The van der Waals surface area contributed by atoms with Crippen molar-refractivity contribution in [3.63, 3.8) is 0 Å². The molecular formula is C25H18BrCl2NO3S. The summed E-state index contributed by atoms with van der Waals surface area (Å²) in [4.78, 5) is 26.9. The molecule has 168 valence electrons. The molecule has 0 aromatic heterocycles. The van der Waals surface area contributed by atoms with Gasteiger partial charge in [0.15, 0.2) is 5.75 Å². The van der Waals surface area contributed by atoms with Gasteiger partial charge in [0.05, 0.1) is 20.9 Å². The molecule has 0 aliphatic carbocycles. The zero-order chi connectivity index (χ0) is 23.5. The van der Waals surface area contributed by atoms with E-state index < -0.39 is 0 Å². The Kier molecular flexibility index (Phi) is 7.49. The fourth-order valence-electron chi connectivity index (χ4n) is 3.23. The van der Waals surface area contributed by atoms with E-state index in [9.17, 15) is 9.59 Å². The van der Waals surface area contributed by atoms with Crippen molar-refractivity contribution in [1.29, 1.82) is 0 Å². The van der Waals surface area contributed by atoms with Crippen LogP contribution >= 0.6 is 50.9 Å². The number of carbonyl (C=O) groups is 2. The number of thioether (sulfide) groups is 1. The molecule has 1 fully saturated rings. The number of aryl methyl sites for hydroxylation is 1. The lowest BCUT2D eigenvalue weighted by molar-refractivity contribution is -0.123. The van der Waals surface area contributed by atoms with Crippen LogP contribution in [-0.4, -0.2) is 16.0 Å². The topological polar surface area (TPSA) is 46.6 Å². The summed E-state index contributed by atoms with van der Waals surface area (Å²) in [7, 11) is 0. The van der Waals surface area contributed by atoms with E-state index in [4.69, 9.17) is 27.9 Å². The van der Waals surface area contributed by atoms with E-state index in [0.29, 0.717) is 30.7 Å². The van der Waals surface area contributed by atoms with Crippen molar-refractivity contribution in [2.45, 2.75) is 20.1 Å². The van der Waals surface area contributed by atoms with Crippen molar-refractivity contribution in [2.24, 2.45) is 0 Å². The minimum absolute atomic E-state index is 0.238. The number of hydrogen-bond donors (Lipinski definition) is 0. The van der Waals surface area contributed by atoms with Crippen molar-refractivity contribution in [3.05, 3.63) is 102 Å². The molecule has 0 radical (unpaired) electrons. The third kappa shape index (κ3) is 5.64. The molecule has 1 aliphatic heterocycles. The molecule has 3 aromatic carbocycles. The first-order chi connectivity index (χ1) is 15.8. The normalized spacial score (nSPS) is 14.9. The van der Waals surface area contributed by atoms with Crippen molar-refractivity contribution in [3.8, 4) is 5.75 Å². The standard InChI is InChI=1S/C25H18BrCl2NO3S/c1-15-6-8-16(9-7-15)13-29-24(30)22(33-25(29)31)12-17-10-19(26)23(21(28)11-17)32-14-18-4-2-3-5-20(18)27/h2-12H,13-14H2,1H3/b22-12-. The average molecular weight is 563 g/mol. The number of amides is 2. The van der Waals surface area contributed by atoms with Gasteiger partial charge < -0.3 is 4.74 Å². The zero-order valence-corrected chi connectivity index (χ0v) is 21.4. The van der Waals surface area contributed by atoms with E-state index >= 15 is 0 Å². The number of rotatable bonds is 6. The fourth-order valence-corrected chi connectivity index (χ4v) is 5.25. The molecule has 4 nitrogen and oxygen atoms in total. The van der Waals surface area contributed by atoms with Gasteiger partial charge in [-0.05, 0) is 70.0 Å². The number of carbonyl (C=O) groups excluding carboxylic acids is 2. The summed E-state index contributed by atoms with van der Waals surface area (Å²) in [6.07, 6.45) is 1.66. The lowest BCUT2D eigenvalue weighted by Crippen LogP contribution is -2.27. The maximum Gasteiger partial charge on any atom is 0.293 e. The molecule has 2 amide bonds. The van der Waals surface area contributed by atoms with Crippen LogP contribution in [0.5, 0.6) is 5.75 Å². The molecule has 0 unspecified atom stereocenters. The Balaban J connectivity index is 1.50. The van der Waals surface area contributed by atoms with Crippen LogP contribution < -0.4 is 4.74 Å². The average Bonchev–Trinajstić information content (AvgIpc) is 3.03. The van der Waals surface area contributed by atoms with E-state index in [1.807, 2.05) is 49.4 Å². The number of benzene rings is 3. The summed E-state index contributed by atoms with van der Waals surface area (Å²) in [6, 6.07) is 18.7. The van der Waals surface area contributed by atoms with E-state index in [0.717, 1.165) is 28.5 Å². The van der Waals surface area contributed by atoms with Crippen molar-refractivity contribution in [2.75, 3.05) is 0 Å². The smallest absolute Gasteiger partial charge is 0.293 e. The van der Waals surface area contributed by atoms with Gasteiger partial charge in [0, 0.05) is 10.6 Å². The summed E-state index contributed by atoms with van der Waals surface area (Å²) in [5.74, 6) is 0.151. The predicted molar refractivity (Wildman–Crippen MR) is 138 cm³/mol. The Morgan fingerprint density at radius 2 is 1.76 bits per heavy atom. The van der Waals surface area contributed by atoms with Gasteiger partial charge in [0.25, 0.3) is 11.1 Å². The van der Waals surface area contributed by atoms with Crippen LogP contribution in [0, 0.1) is 6.92 Å². The molecule has 4 rings (SSSR count). The predicted octanol–water partition coefficient (Wildman–Crippen LogP) is 7.88. The van der Waals surface area contributed by atoms with Crippen LogP contribution in [0.15, 0.2) is 70.0 Å². The molecule has 3 aromatic rings. The molecule has 1 heterocycles. The maximum absolute atomic E-state index is 12.9. The summed E-state index contributed by atoms with van der Waals surface area (Å²) in [5.41, 5.74) is 3.54. The van der Waals surface area contributed by atoms with E-state index in [1.165, 1.54) is 4.90 Å². The zero-order valence-electron chi connectivity index (χ0n) is 17.5. The monoisotopic (exact) mass is 561 g/mol. The lowest BCUT2D eigenvalue weighted by Gasteiger charge is -2.13. The van der Waals surface area contributed by atoms with Gasteiger partial charge in [-0.2, -0.15) is 0 Å². The molecule has 8 heteroatoms. The lowest BCUT2D eigenvalue weighted by atomic mass is 10.1. The summed E-state index contributed by atoms with van der Waals surface area (Å²) in [5, 5.41) is 0.695. The minimum atomic E-state index is -0.322. The van der Waals surface area contributed by atoms with Gasteiger partial charge in [0.1, 0.15) is 6.61 Å². The van der Waals surface area contributed by atoms with Crippen LogP contribution in [-0.2, 0) is 17.9 Å². The molecule has 1 saturated heterocycles. The first-order valence-corrected chi connectivity index (χ1v) is 12.3. The highest BCUT2D eigenvalue weighted by Gasteiger charge is 2.35. The summed E-state index contributed by atoms with van der Waals surface area (Å²) in [6.45, 7) is 2.49. The largest absolute Gasteiger partial charge is 0.486 e. The number of halogens is 3. The SMILES string of the molecule is Cc1ccc(CN2C(=O)S/C(=C\c3cc(Cl)c(OCc4ccccc4Cl)c(Br)c3)C2=O)cc1. The molecule has 0 bridgehead atoms. The molecule has 33 heavy (non-hydrogen) atoms. The Morgan fingerprint density at radius 3 is 2.45 bits per heavy atom. The maximum atomic E-state index is 12.9. The van der Waals surface area contributed by atoms with Crippen molar-refractivity contribution in [1.82, 2.24) is 4.90 Å². The molecular weight excluding hydrogens is 545 g/mol. The molecule has 0 saturated carbocycles. The highest BCUT2D eigenvalue weighted by atomic mass is 79.9. The first-order valence-electron chi connectivity index (χ1n) is 9.98. The quantitative estimate of drug-likeness (QED) is 0.287. The molecule has 0 N–H and O–H groups in total. The van der Waals surface area contributed by atoms with Gasteiger partial charge in [-0.25, -0.2) is 0 Å². The Labute approximate surface area is 214 Å². The minimum Gasteiger partial charge on any atom is -0.486 e. The van der Waals surface area contributed by atoms with Crippen LogP contribution in [0.2, 0.25) is 10.0 Å². The second-order valence-electron chi connectivity index (χ2n) is 7.45. The fraction of sp³-hybridized carbons (Fsp3) is 0.120. The van der Waals surface area contributed by atoms with E-state index in [2.05, 4.69) is 15.9 Å². The summed E-state index contributed by atoms with van der Waals surface area (Å²) < 4.78 is 6.50. The molecule has 0 atom stereocenters. The number of ether oxygens (including phenoxy) is 1. The van der Waals surface area contributed by atoms with Crippen molar-refractivity contribution >= 4 is 68.1 Å². The van der Waals surface area contributed by atoms with Crippen LogP contribution in [0.1, 0.15) is 22.3 Å². The highest BCUT2D eigenvalue weighted by Crippen LogP contribution is 2.38. The Hall–Kier alpha value is -2.25. The van der Waals surface area contributed by atoms with Gasteiger partial charge in [-0.15, -0.1) is 0 Å². The second-order valence-corrected chi connectivity index (χ2v) is 10.1. The second kappa shape index (κ2) is 10.3. The molecule has 1 aliphatic rings. The summed E-state index contributed by atoms with van der Waals surface area (Å²) >= 11 is 17.0.